The van der Waals surface area contributed by atoms with Crippen LogP contribution in [0.25, 0.3) is 0 Å². The summed E-state index contributed by atoms with van der Waals surface area (Å²) in [7, 11) is -3.42. The lowest BCUT2D eigenvalue weighted by Crippen LogP contribution is -2.43. The van der Waals surface area contributed by atoms with Gasteiger partial charge in [0.1, 0.15) is 5.75 Å². The van der Waals surface area contributed by atoms with Crippen molar-refractivity contribution in [1.29, 1.82) is 0 Å². The summed E-state index contributed by atoms with van der Waals surface area (Å²) < 4.78 is 31.7. The van der Waals surface area contributed by atoms with Gasteiger partial charge in [0, 0.05) is 19.5 Å². The molecule has 1 aromatic rings. The number of ether oxygens (including phenoxy) is 1. The van der Waals surface area contributed by atoms with Gasteiger partial charge in [-0.2, -0.15) is 0 Å². The number of sulfonamides is 1. The van der Waals surface area contributed by atoms with E-state index in [0.29, 0.717) is 32.4 Å². The van der Waals surface area contributed by atoms with Gasteiger partial charge in [-0.05, 0) is 36.5 Å². The number of carboxylic acid groups (broad SMARTS) is 1. The third-order valence-electron chi connectivity index (χ3n) is 4.53. The lowest BCUT2D eigenvalue weighted by atomic mass is 10.0. The minimum atomic E-state index is -3.42. The molecule has 1 unspecified atom stereocenters. The smallest absolute Gasteiger partial charge is 0.307 e. The van der Waals surface area contributed by atoms with E-state index in [1.54, 1.807) is 0 Å². The lowest BCUT2D eigenvalue weighted by Gasteiger charge is -2.29. The van der Waals surface area contributed by atoms with Crippen molar-refractivity contribution in [2.45, 2.75) is 25.7 Å². The lowest BCUT2D eigenvalue weighted by molar-refractivity contribution is -0.142. The van der Waals surface area contributed by atoms with Crippen molar-refractivity contribution in [3.8, 4) is 5.75 Å². The summed E-state index contributed by atoms with van der Waals surface area (Å²) in [5.41, 5.74) is 2.11. The van der Waals surface area contributed by atoms with E-state index in [2.05, 4.69) is 0 Å². The maximum absolute atomic E-state index is 12.5. The molecule has 1 atom stereocenters. The van der Waals surface area contributed by atoms with Crippen molar-refractivity contribution in [3.63, 3.8) is 0 Å². The van der Waals surface area contributed by atoms with Crippen LogP contribution in [-0.2, 0) is 27.7 Å². The quantitative estimate of drug-likeness (QED) is 0.874. The highest BCUT2D eigenvalue weighted by atomic mass is 32.2. The molecule has 1 saturated heterocycles. The summed E-state index contributed by atoms with van der Waals surface area (Å²) in [6.07, 6.45) is 2.45. The molecule has 0 aliphatic carbocycles. The standard InChI is InChI=1S/C16H21NO5S/c18-16(19)14-2-1-7-17(11-14)23(20,21)9-6-12-3-4-15-13(10-12)5-8-22-15/h3-4,10,14H,1-2,5-9,11H2,(H,18,19). The van der Waals surface area contributed by atoms with Gasteiger partial charge in [-0.15, -0.1) is 0 Å². The molecule has 6 nitrogen and oxygen atoms in total. The van der Waals surface area contributed by atoms with Gasteiger partial charge in [0.2, 0.25) is 10.0 Å². The van der Waals surface area contributed by atoms with Crippen molar-refractivity contribution in [2.75, 3.05) is 25.4 Å². The van der Waals surface area contributed by atoms with Gasteiger partial charge in [0.25, 0.3) is 0 Å². The summed E-state index contributed by atoms with van der Waals surface area (Å²) in [6.45, 7) is 1.20. The molecule has 1 aromatic carbocycles. The number of rotatable bonds is 5. The zero-order valence-corrected chi connectivity index (χ0v) is 13.7. The Morgan fingerprint density at radius 3 is 3.00 bits per heavy atom. The number of aryl methyl sites for hydroxylation is 1. The molecule has 126 valence electrons. The van der Waals surface area contributed by atoms with Crippen LogP contribution < -0.4 is 4.74 Å². The van der Waals surface area contributed by atoms with Crippen molar-refractivity contribution in [3.05, 3.63) is 29.3 Å². The molecule has 0 amide bonds. The number of fused-ring (bicyclic) bond motifs is 1. The number of hydrogen-bond acceptors (Lipinski definition) is 4. The maximum Gasteiger partial charge on any atom is 0.307 e. The summed E-state index contributed by atoms with van der Waals surface area (Å²) >= 11 is 0. The van der Waals surface area contributed by atoms with Crippen molar-refractivity contribution in [2.24, 2.45) is 5.92 Å². The average Bonchev–Trinajstić information content (AvgIpc) is 3.01. The van der Waals surface area contributed by atoms with Gasteiger partial charge in [-0.1, -0.05) is 12.1 Å². The van der Waals surface area contributed by atoms with Crippen LogP contribution in [0.1, 0.15) is 24.0 Å². The van der Waals surface area contributed by atoms with Crippen LogP contribution in [0, 0.1) is 5.92 Å². The molecule has 7 heteroatoms. The normalized spacial score (nSPS) is 21.7. The Morgan fingerprint density at radius 2 is 2.22 bits per heavy atom. The zero-order valence-electron chi connectivity index (χ0n) is 12.9. The molecule has 2 heterocycles. The number of benzene rings is 1. The third-order valence-corrected chi connectivity index (χ3v) is 6.37. The van der Waals surface area contributed by atoms with Gasteiger partial charge in [-0.3, -0.25) is 4.79 Å². The summed E-state index contributed by atoms with van der Waals surface area (Å²) in [5.74, 6) is -0.602. The average molecular weight is 339 g/mol. The Labute approximate surface area is 136 Å². The fraction of sp³-hybridized carbons (Fsp3) is 0.562. The maximum atomic E-state index is 12.5. The second-order valence-corrected chi connectivity index (χ2v) is 8.23. The highest BCUT2D eigenvalue weighted by Gasteiger charge is 2.31. The molecule has 0 spiro atoms. The molecular formula is C16H21NO5S. The molecule has 3 rings (SSSR count). The van der Waals surface area contributed by atoms with E-state index >= 15 is 0 Å². The number of nitrogens with zero attached hydrogens (tertiary/aromatic N) is 1. The Bertz CT molecular complexity index is 700. The van der Waals surface area contributed by atoms with Crippen LogP contribution in [0.2, 0.25) is 0 Å². The highest BCUT2D eigenvalue weighted by molar-refractivity contribution is 7.89. The molecule has 0 saturated carbocycles. The van der Waals surface area contributed by atoms with Crippen molar-refractivity contribution in [1.82, 2.24) is 4.31 Å². The SMILES string of the molecule is O=C(O)C1CCCN(S(=O)(=O)CCc2ccc3c(c2)CCO3)C1. The van der Waals surface area contributed by atoms with Gasteiger partial charge in [0.15, 0.2) is 0 Å². The van der Waals surface area contributed by atoms with Gasteiger partial charge in [-0.25, -0.2) is 12.7 Å². The van der Waals surface area contributed by atoms with Crippen LogP contribution >= 0.6 is 0 Å². The minimum absolute atomic E-state index is 0.0129. The van der Waals surface area contributed by atoms with E-state index < -0.39 is 21.9 Å². The molecule has 0 radical (unpaired) electrons. The molecule has 23 heavy (non-hydrogen) atoms. The molecule has 0 bridgehead atoms. The van der Waals surface area contributed by atoms with Crippen LogP contribution in [0.4, 0.5) is 0 Å². The first-order valence-corrected chi connectivity index (χ1v) is 9.52. The Morgan fingerprint density at radius 1 is 1.39 bits per heavy atom. The van der Waals surface area contributed by atoms with E-state index in [9.17, 15) is 13.2 Å². The molecule has 1 N–H and O–H groups in total. The monoisotopic (exact) mass is 339 g/mol. The van der Waals surface area contributed by atoms with E-state index in [4.69, 9.17) is 9.84 Å². The number of carbonyl (C=O) groups is 1. The largest absolute Gasteiger partial charge is 0.493 e. The second kappa shape index (κ2) is 6.49. The predicted molar refractivity (Wildman–Crippen MR) is 85.1 cm³/mol. The predicted octanol–water partition coefficient (Wildman–Crippen LogP) is 1.29. The summed E-state index contributed by atoms with van der Waals surface area (Å²) in [4.78, 5) is 11.1. The fourth-order valence-corrected chi connectivity index (χ4v) is 4.73. The van der Waals surface area contributed by atoms with Crippen LogP contribution in [0.15, 0.2) is 18.2 Å². The molecular weight excluding hydrogens is 318 g/mol. The van der Waals surface area contributed by atoms with E-state index in [-0.39, 0.29) is 12.3 Å². The van der Waals surface area contributed by atoms with E-state index in [1.165, 1.54) is 4.31 Å². The van der Waals surface area contributed by atoms with Crippen LogP contribution in [-0.4, -0.2) is 49.2 Å². The number of piperidine rings is 1. The first-order chi connectivity index (χ1) is 11.0. The van der Waals surface area contributed by atoms with Gasteiger partial charge < -0.3 is 9.84 Å². The first kappa shape index (κ1) is 16.3. The second-order valence-electron chi connectivity index (χ2n) is 6.14. The van der Waals surface area contributed by atoms with Crippen molar-refractivity contribution < 1.29 is 23.1 Å². The fourth-order valence-electron chi connectivity index (χ4n) is 3.17. The van der Waals surface area contributed by atoms with Crippen LogP contribution in [0.3, 0.4) is 0 Å². The number of hydrogen-bond donors (Lipinski definition) is 1. The Hall–Kier alpha value is -1.60. The van der Waals surface area contributed by atoms with Crippen LogP contribution in [0.5, 0.6) is 5.75 Å². The number of carboxylic acids is 1. The minimum Gasteiger partial charge on any atom is -0.493 e. The van der Waals surface area contributed by atoms with Crippen molar-refractivity contribution >= 4 is 16.0 Å². The van der Waals surface area contributed by atoms with E-state index in [0.717, 1.165) is 23.3 Å². The Balaban J connectivity index is 1.63. The topological polar surface area (TPSA) is 83.9 Å². The first-order valence-electron chi connectivity index (χ1n) is 7.91. The molecule has 2 aliphatic heterocycles. The number of aliphatic carboxylic acids is 1. The highest BCUT2D eigenvalue weighted by Crippen LogP contribution is 2.26. The molecule has 2 aliphatic rings. The third kappa shape index (κ3) is 3.67. The molecule has 0 aromatic heterocycles. The Kier molecular flexibility index (Phi) is 4.59. The molecule has 1 fully saturated rings. The summed E-state index contributed by atoms with van der Waals surface area (Å²) in [6, 6.07) is 5.80. The van der Waals surface area contributed by atoms with Gasteiger partial charge >= 0.3 is 5.97 Å². The summed E-state index contributed by atoms with van der Waals surface area (Å²) in [5, 5.41) is 9.09. The van der Waals surface area contributed by atoms with Gasteiger partial charge in [0.05, 0.1) is 18.3 Å². The zero-order chi connectivity index (χ0) is 16.4. The van der Waals surface area contributed by atoms with E-state index in [1.807, 2.05) is 18.2 Å².